The van der Waals surface area contributed by atoms with Crippen LogP contribution < -0.4 is 0 Å². The predicted molar refractivity (Wildman–Crippen MR) is 63.5 cm³/mol. The number of hydrogen-bond acceptors (Lipinski definition) is 2. The van der Waals surface area contributed by atoms with E-state index >= 15 is 0 Å². The van der Waals surface area contributed by atoms with Crippen LogP contribution in [0.3, 0.4) is 0 Å². The smallest absolute Gasteiger partial charge is 0.242 e. The van der Waals surface area contributed by atoms with E-state index in [0.29, 0.717) is 12.5 Å². The van der Waals surface area contributed by atoms with Crippen molar-refractivity contribution in [2.75, 3.05) is 13.6 Å². The average molecular weight is 222 g/mol. The Labute approximate surface area is 98.4 Å². The standard InChI is InChI=1S/C13H22N2O/c1-10-6-13(7-10,8-14)11(16)15(5)9-12(2,3)4/h10H,6-7,9H2,1-5H3. The van der Waals surface area contributed by atoms with Gasteiger partial charge in [-0.05, 0) is 24.2 Å². The molecule has 0 aromatic carbocycles. The topological polar surface area (TPSA) is 44.1 Å². The zero-order chi connectivity index (χ0) is 12.6. The maximum atomic E-state index is 12.2. The van der Waals surface area contributed by atoms with Crippen molar-refractivity contribution in [2.45, 2.75) is 40.5 Å². The molecule has 1 aliphatic rings. The summed E-state index contributed by atoms with van der Waals surface area (Å²) in [5.74, 6) is 0.509. The SMILES string of the molecule is CC1CC(C#N)(C(=O)N(C)CC(C)(C)C)C1. The molecule has 1 fully saturated rings. The number of nitrogens with zero attached hydrogens (tertiary/aromatic N) is 2. The third kappa shape index (κ3) is 2.55. The van der Waals surface area contributed by atoms with E-state index in [9.17, 15) is 10.1 Å². The Hall–Kier alpha value is -1.04. The molecule has 1 saturated carbocycles. The van der Waals surface area contributed by atoms with Crippen LogP contribution in [-0.4, -0.2) is 24.4 Å². The molecule has 0 bridgehead atoms. The van der Waals surface area contributed by atoms with Gasteiger partial charge in [0.15, 0.2) is 0 Å². The fourth-order valence-electron chi connectivity index (χ4n) is 2.59. The van der Waals surface area contributed by atoms with E-state index in [4.69, 9.17) is 0 Å². The highest BCUT2D eigenvalue weighted by molar-refractivity contribution is 5.86. The van der Waals surface area contributed by atoms with E-state index < -0.39 is 5.41 Å². The largest absolute Gasteiger partial charge is 0.344 e. The molecule has 0 saturated heterocycles. The Bertz CT molecular complexity index is 316. The van der Waals surface area contributed by atoms with Gasteiger partial charge in [-0.3, -0.25) is 4.79 Å². The summed E-state index contributed by atoms with van der Waals surface area (Å²) in [5, 5.41) is 9.17. The van der Waals surface area contributed by atoms with Gasteiger partial charge in [-0.1, -0.05) is 27.7 Å². The van der Waals surface area contributed by atoms with Crippen molar-refractivity contribution in [1.29, 1.82) is 5.26 Å². The molecule has 0 heterocycles. The summed E-state index contributed by atoms with van der Waals surface area (Å²) in [6, 6.07) is 2.22. The lowest BCUT2D eigenvalue weighted by Gasteiger charge is -2.42. The van der Waals surface area contributed by atoms with Crippen molar-refractivity contribution in [2.24, 2.45) is 16.7 Å². The zero-order valence-electron chi connectivity index (χ0n) is 11.0. The number of rotatable bonds is 2. The Kier molecular flexibility index (Phi) is 3.33. The first-order valence-corrected chi connectivity index (χ1v) is 5.87. The summed E-state index contributed by atoms with van der Waals surface area (Å²) in [5.41, 5.74) is -0.643. The summed E-state index contributed by atoms with van der Waals surface area (Å²) in [4.78, 5) is 13.9. The highest BCUT2D eigenvalue weighted by atomic mass is 16.2. The maximum Gasteiger partial charge on any atom is 0.242 e. The van der Waals surface area contributed by atoms with Gasteiger partial charge in [0.25, 0.3) is 0 Å². The van der Waals surface area contributed by atoms with Crippen LogP contribution in [0.25, 0.3) is 0 Å². The van der Waals surface area contributed by atoms with Crippen molar-refractivity contribution in [3.63, 3.8) is 0 Å². The van der Waals surface area contributed by atoms with Gasteiger partial charge in [0.05, 0.1) is 6.07 Å². The van der Waals surface area contributed by atoms with Gasteiger partial charge in [0, 0.05) is 13.6 Å². The second-order valence-corrected chi connectivity index (χ2v) is 6.43. The molecule has 0 aromatic rings. The number of carbonyl (C=O) groups is 1. The van der Waals surface area contributed by atoms with E-state index in [2.05, 4.69) is 33.8 Å². The normalized spacial score (nSPS) is 29.1. The molecular formula is C13H22N2O. The summed E-state index contributed by atoms with van der Waals surface area (Å²) in [6.07, 6.45) is 1.44. The lowest BCUT2D eigenvalue weighted by atomic mass is 9.62. The molecular weight excluding hydrogens is 200 g/mol. The minimum atomic E-state index is -0.723. The summed E-state index contributed by atoms with van der Waals surface area (Å²) in [7, 11) is 1.80. The predicted octanol–water partition coefficient (Wildman–Crippen LogP) is 2.43. The maximum absolute atomic E-state index is 12.2. The molecule has 0 radical (unpaired) electrons. The van der Waals surface area contributed by atoms with E-state index in [0.717, 1.165) is 12.8 Å². The molecule has 0 unspecified atom stereocenters. The molecule has 0 N–H and O–H groups in total. The van der Waals surface area contributed by atoms with Gasteiger partial charge in [0.1, 0.15) is 5.41 Å². The zero-order valence-corrected chi connectivity index (χ0v) is 11.0. The van der Waals surface area contributed by atoms with Crippen LogP contribution in [0.5, 0.6) is 0 Å². The number of hydrogen-bond donors (Lipinski definition) is 0. The fourth-order valence-corrected chi connectivity index (χ4v) is 2.59. The van der Waals surface area contributed by atoms with Crippen LogP contribution in [0.2, 0.25) is 0 Å². The minimum Gasteiger partial charge on any atom is -0.344 e. The molecule has 0 atom stereocenters. The Morgan fingerprint density at radius 1 is 1.50 bits per heavy atom. The van der Waals surface area contributed by atoms with E-state index in [1.807, 2.05) is 0 Å². The molecule has 1 amide bonds. The molecule has 0 spiro atoms. The summed E-state index contributed by atoms with van der Waals surface area (Å²) in [6.45, 7) is 9.08. The third-order valence-electron chi connectivity index (χ3n) is 3.08. The van der Waals surface area contributed by atoms with Crippen LogP contribution in [0, 0.1) is 28.1 Å². The Morgan fingerprint density at radius 2 is 2.00 bits per heavy atom. The second-order valence-electron chi connectivity index (χ2n) is 6.43. The van der Waals surface area contributed by atoms with Gasteiger partial charge >= 0.3 is 0 Å². The molecule has 0 aromatic heterocycles. The number of nitriles is 1. The van der Waals surface area contributed by atoms with E-state index in [1.165, 1.54) is 0 Å². The van der Waals surface area contributed by atoms with Crippen LogP contribution in [0.1, 0.15) is 40.5 Å². The number of amides is 1. The van der Waals surface area contributed by atoms with Crippen molar-refractivity contribution in [3.05, 3.63) is 0 Å². The van der Waals surface area contributed by atoms with Crippen LogP contribution in [-0.2, 0) is 4.79 Å². The monoisotopic (exact) mass is 222 g/mol. The first-order chi connectivity index (χ1) is 7.20. The third-order valence-corrected chi connectivity index (χ3v) is 3.08. The van der Waals surface area contributed by atoms with E-state index in [1.54, 1.807) is 11.9 Å². The van der Waals surface area contributed by atoms with Crippen molar-refractivity contribution < 1.29 is 4.79 Å². The highest BCUT2D eigenvalue weighted by Crippen LogP contribution is 2.46. The Balaban J connectivity index is 2.68. The summed E-state index contributed by atoms with van der Waals surface area (Å²) < 4.78 is 0. The number of carbonyl (C=O) groups excluding carboxylic acids is 1. The molecule has 3 nitrogen and oxygen atoms in total. The van der Waals surface area contributed by atoms with Crippen molar-refractivity contribution >= 4 is 5.91 Å². The van der Waals surface area contributed by atoms with E-state index in [-0.39, 0.29) is 11.3 Å². The second kappa shape index (κ2) is 4.08. The summed E-state index contributed by atoms with van der Waals surface area (Å²) >= 11 is 0. The van der Waals surface area contributed by atoms with Gasteiger partial charge in [0.2, 0.25) is 5.91 Å². The molecule has 90 valence electrons. The average Bonchev–Trinajstić information content (AvgIpc) is 2.08. The minimum absolute atomic E-state index is 0.00280. The van der Waals surface area contributed by atoms with Gasteiger partial charge in [-0.15, -0.1) is 0 Å². The van der Waals surface area contributed by atoms with Crippen molar-refractivity contribution in [1.82, 2.24) is 4.90 Å². The van der Waals surface area contributed by atoms with Gasteiger partial charge < -0.3 is 4.90 Å². The first-order valence-electron chi connectivity index (χ1n) is 5.87. The lowest BCUT2D eigenvalue weighted by molar-refractivity contribution is -0.145. The quantitative estimate of drug-likeness (QED) is 0.720. The molecule has 3 heteroatoms. The fraction of sp³-hybridized carbons (Fsp3) is 0.846. The van der Waals surface area contributed by atoms with Gasteiger partial charge in [-0.2, -0.15) is 5.26 Å². The van der Waals surface area contributed by atoms with Crippen molar-refractivity contribution in [3.8, 4) is 6.07 Å². The van der Waals surface area contributed by atoms with Crippen LogP contribution in [0.15, 0.2) is 0 Å². The highest BCUT2D eigenvalue weighted by Gasteiger charge is 2.50. The van der Waals surface area contributed by atoms with Gasteiger partial charge in [-0.25, -0.2) is 0 Å². The first kappa shape index (κ1) is 13.0. The van der Waals surface area contributed by atoms with Crippen LogP contribution in [0.4, 0.5) is 0 Å². The molecule has 16 heavy (non-hydrogen) atoms. The molecule has 0 aliphatic heterocycles. The van der Waals surface area contributed by atoms with Crippen LogP contribution >= 0.6 is 0 Å². The molecule has 1 aliphatic carbocycles. The molecule has 1 rings (SSSR count). The Morgan fingerprint density at radius 3 is 2.31 bits per heavy atom. The lowest BCUT2D eigenvalue weighted by Crippen LogP contribution is -2.50.